The Morgan fingerprint density at radius 3 is 2.74 bits per heavy atom. The zero-order chi connectivity index (χ0) is 13.5. The van der Waals surface area contributed by atoms with Crippen LogP contribution in [0.4, 0.5) is 5.69 Å². The van der Waals surface area contributed by atoms with Gasteiger partial charge in [0, 0.05) is 46.3 Å². The van der Waals surface area contributed by atoms with E-state index in [2.05, 4.69) is 35.3 Å². The Bertz CT molecular complexity index is 378. The van der Waals surface area contributed by atoms with Crippen LogP contribution in [0.3, 0.4) is 0 Å². The van der Waals surface area contributed by atoms with Crippen molar-refractivity contribution in [2.75, 3.05) is 44.8 Å². The predicted molar refractivity (Wildman–Crippen MR) is 78.1 cm³/mol. The van der Waals surface area contributed by atoms with Gasteiger partial charge in [-0.1, -0.05) is 12.1 Å². The molecule has 1 unspecified atom stereocenters. The lowest BCUT2D eigenvalue weighted by Crippen LogP contribution is -2.43. The average molecular weight is 264 g/mol. The van der Waals surface area contributed by atoms with Gasteiger partial charge in [-0.3, -0.25) is 0 Å². The number of benzene rings is 1. The first-order valence-electron chi connectivity index (χ1n) is 7.01. The zero-order valence-electron chi connectivity index (χ0n) is 11.9. The molecule has 0 aliphatic carbocycles. The summed E-state index contributed by atoms with van der Waals surface area (Å²) in [6, 6.07) is 8.30. The summed E-state index contributed by atoms with van der Waals surface area (Å²) in [5, 5.41) is 3.37. The Kier molecular flexibility index (Phi) is 5.48. The van der Waals surface area contributed by atoms with Gasteiger partial charge in [-0.15, -0.1) is 0 Å². The van der Waals surface area contributed by atoms with Crippen molar-refractivity contribution in [3.05, 3.63) is 24.3 Å². The monoisotopic (exact) mass is 264 g/mol. The maximum Gasteiger partial charge on any atom is 0.142 e. The molecule has 0 amide bonds. The van der Waals surface area contributed by atoms with Crippen LogP contribution in [0.2, 0.25) is 0 Å². The molecular weight excluding hydrogens is 240 g/mol. The van der Waals surface area contributed by atoms with E-state index in [1.54, 1.807) is 7.11 Å². The van der Waals surface area contributed by atoms with Gasteiger partial charge in [-0.2, -0.15) is 0 Å². The fourth-order valence-corrected chi connectivity index (χ4v) is 2.28. The molecule has 0 radical (unpaired) electrons. The highest BCUT2D eigenvalue weighted by Gasteiger charge is 2.15. The molecule has 0 aromatic heterocycles. The van der Waals surface area contributed by atoms with Crippen LogP contribution in [0.25, 0.3) is 0 Å². The maximum atomic E-state index is 6.06. The number of nitrogens with zero attached hydrogens (tertiary/aromatic N) is 1. The highest BCUT2D eigenvalue weighted by atomic mass is 16.5. The molecule has 1 aromatic carbocycles. The molecule has 1 N–H and O–H groups in total. The van der Waals surface area contributed by atoms with Gasteiger partial charge >= 0.3 is 0 Å². The smallest absolute Gasteiger partial charge is 0.142 e. The van der Waals surface area contributed by atoms with Crippen LogP contribution in [-0.2, 0) is 4.74 Å². The summed E-state index contributed by atoms with van der Waals surface area (Å²) in [6.45, 7) is 6.96. The van der Waals surface area contributed by atoms with Crippen LogP contribution in [-0.4, -0.2) is 46.0 Å². The van der Waals surface area contributed by atoms with E-state index in [0.29, 0.717) is 0 Å². The third-order valence-corrected chi connectivity index (χ3v) is 3.38. The van der Waals surface area contributed by atoms with Crippen LogP contribution in [0.15, 0.2) is 24.3 Å². The number of hydrogen-bond acceptors (Lipinski definition) is 4. The third kappa shape index (κ3) is 4.11. The average Bonchev–Trinajstić information content (AvgIpc) is 2.46. The van der Waals surface area contributed by atoms with Crippen LogP contribution in [0.5, 0.6) is 5.75 Å². The molecular formula is C15H24N2O2. The van der Waals surface area contributed by atoms with Gasteiger partial charge in [0.2, 0.25) is 0 Å². The van der Waals surface area contributed by atoms with Crippen LogP contribution in [0, 0.1) is 0 Å². The van der Waals surface area contributed by atoms with E-state index < -0.39 is 0 Å². The molecule has 1 heterocycles. The Balaban J connectivity index is 2.02. The van der Waals surface area contributed by atoms with Crippen molar-refractivity contribution >= 4 is 5.69 Å². The fourth-order valence-electron chi connectivity index (χ4n) is 2.28. The Labute approximate surface area is 115 Å². The van der Waals surface area contributed by atoms with Gasteiger partial charge < -0.3 is 19.7 Å². The van der Waals surface area contributed by atoms with E-state index in [-0.39, 0.29) is 6.10 Å². The molecule has 4 heteroatoms. The number of methoxy groups -OCH3 is 1. The molecule has 1 atom stereocenters. The summed E-state index contributed by atoms with van der Waals surface area (Å²) in [7, 11) is 1.72. The van der Waals surface area contributed by atoms with Crippen LogP contribution >= 0.6 is 0 Å². The van der Waals surface area contributed by atoms with Crippen LogP contribution < -0.4 is 15.0 Å². The minimum atomic E-state index is 0.170. The van der Waals surface area contributed by atoms with E-state index in [1.807, 2.05) is 6.07 Å². The van der Waals surface area contributed by atoms with Gasteiger partial charge in [0.05, 0.1) is 11.8 Å². The highest BCUT2D eigenvalue weighted by Crippen LogP contribution is 2.29. The summed E-state index contributed by atoms with van der Waals surface area (Å²) in [5.41, 5.74) is 1.20. The van der Waals surface area contributed by atoms with E-state index in [1.165, 1.54) is 5.69 Å². The molecule has 1 aliphatic heterocycles. The van der Waals surface area contributed by atoms with Gasteiger partial charge in [-0.25, -0.2) is 0 Å². The second-order valence-electron chi connectivity index (χ2n) is 4.91. The minimum Gasteiger partial charge on any atom is -0.488 e. The maximum absolute atomic E-state index is 6.06. The summed E-state index contributed by atoms with van der Waals surface area (Å²) in [5.74, 6) is 0.980. The first-order chi connectivity index (χ1) is 9.31. The summed E-state index contributed by atoms with van der Waals surface area (Å²) < 4.78 is 11.2. The minimum absolute atomic E-state index is 0.170. The van der Waals surface area contributed by atoms with Crippen molar-refractivity contribution in [3.8, 4) is 5.75 Å². The number of hydrogen-bond donors (Lipinski definition) is 1. The number of ether oxygens (including phenoxy) is 2. The molecule has 0 bridgehead atoms. The number of anilines is 1. The van der Waals surface area contributed by atoms with Gasteiger partial charge in [0.15, 0.2) is 0 Å². The molecule has 19 heavy (non-hydrogen) atoms. The molecule has 0 saturated carbocycles. The van der Waals surface area contributed by atoms with E-state index in [4.69, 9.17) is 9.47 Å². The molecule has 4 nitrogen and oxygen atoms in total. The predicted octanol–water partition coefficient (Wildman–Crippen LogP) is 1.90. The topological polar surface area (TPSA) is 33.7 Å². The Morgan fingerprint density at radius 2 is 2.00 bits per heavy atom. The number of nitrogens with one attached hydrogen (secondary N) is 1. The zero-order valence-corrected chi connectivity index (χ0v) is 11.9. The van der Waals surface area contributed by atoms with E-state index >= 15 is 0 Å². The quantitative estimate of drug-likeness (QED) is 0.851. The second kappa shape index (κ2) is 7.36. The van der Waals surface area contributed by atoms with Crippen molar-refractivity contribution in [2.24, 2.45) is 0 Å². The third-order valence-electron chi connectivity index (χ3n) is 3.38. The Hall–Kier alpha value is -1.26. The largest absolute Gasteiger partial charge is 0.488 e. The summed E-state index contributed by atoms with van der Waals surface area (Å²) in [4.78, 5) is 2.38. The van der Waals surface area contributed by atoms with Crippen molar-refractivity contribution in [3.63, 3.8) is 0 Å². The first-order valence-corrected chi connectivity index (χ1v) is 7.01. The fraction of sp³-hybridized carbons (Fsp3) is 0.600. The molecule has 1 aliphatic rings. The molecule has 1 aromatic rings. The molecule has 2 rings (SSSR count). The van der Waals surface area contributed by atoms with Crippen molar-refractivity contribution < 1.29 is 9.47 Å². The highest BCUT2D eigenvalue weighted by molar-refractivity contribution is 5.58. The molecule has 1 saturated heterocycles. The first kappa shape index (κ1) is 14.2. The van der Waals surface area contributed by atoms with Crippen molar-refractivity contribution in [1.29, 1.82) is 0 Å². The SMILES string of the molecule is COCCC(C)Oc1ccccc1N1CCNCC1. The van der Waals surface area contributed by atoms with Crippen molar-refractivity contribution in [2.45, 2.75) is 19.4 Å². The molecule has 0 spiro atoms. The summed E-state index contributed by atoms with van der Waals surface area (Å²) in [6.07, 6.45) is 1.08. The normalized spacial score (nSPS) is 17.3. The van der Waals surface area contributed by atoms with Crippen molar-refractivity contribution in [1.82, 2.24) is 5.32 Å². The lowest BCUT2D eigenvalue weighted by Gasteiger charge is -2.31. The standard InChI is InChI=1S/C15H24N2O2/c1-13(7-12-18-2)19-15-6-4-3-5-14(15)17-10-8-16-9-11-17/h3-6,13,16H,7-12H2,1-2H3. The lowest BCUT2D eigenvalue weighted by molar-refractivity contribution is 0.135. The lowest BCUT2D eigenvalue weighted by atomic mass is 10.2. The summed E-state index contributed by atoms with van der Waals surface area (Å²) >= 11 is 0. The van der Waals surface area contributed by atoms with E-state index in [9.17, 15) is 0 Å². The van der Waals surface area contributed by atoms with Gasteiger partial charge in [-0.05, 0) is 19.1 Å². The number of para-hydroxylation sites is 2. The molecule has 106 valence electrons. The second-order valence-corrected chi connectivity index (χ2v) is 4.91. The Morgan fingerprint density at radius 1 is 1.26 bits per heavy atom. The number of piperazine rings is 1. The molecule has 1 fully saturated rings. The van der Waals surface area contributed by atoms with Gasteiger partial charge in [0.25, 0.3) is 0 Å². The number of rotatable bonds is 6. The van der Waals surface area contributed by atoms with E-state index in [0.717, 1.165) is 45.0 Å². The van der Waals surface area contributed by atoms with Gasteiger partial charge in [0.1, 0.15) is 5.75 Å². The van der Waals surface area contributed by atoms with Crippen LogP contribution in [0.1, 0.15) is 13.3 Å².